The molecule has 6 heteroatoms. The topological polar surface area (TPSA) is 76.1 Å². The van der Waals surface area contributed by atoms with Crippen LogP contribution in [0.15, 0.2) is 30.3 Å². The van der Waals surface area contributed by atoms with E-state index >= 15 is 0 Å². The summed E-state index contributed by atoms with van der Waals surface area (Å²) in [5.41, 5.74) is -0.973. The van der Waals surface area contributed by atoms with E-state index in [4.69, 9.17) is 9.47 Å². The van der Waals surface area contributed by atoms with E-state index in [9.17, 15) is 14.7 Å². The molecule has 1 aliphatic heterocycles. The number of aliphatic hydroxyl groups is 1. The Balaban J connectivity index is 1.56. The van der Waals surface area contributed by atoms with E-state index in [0.29, 0.717) is 38.8 Å². The number of esters is 1. The number of piperidine rings is 1. The Labute approximate surface area is 147 Å². The van der Waals surface area contributed by atoms with Crippen LogP contribution in [0.5, 0.6) is 0 Å². The molecule has 25 heavy (non-hydrogen) atoms. The molecule has 136 valence electrons. The summed E-state index contributed by atoms with van der Waals surface area (Å²) >= 11 is 0. The molecule has 1 aromatic carbocycles. The Morgan fingerprint density at radius 1 is 1.12 bits per heavy atom. The molecule has 3 rings (SSSR count). The fourth-order valence-corrected chi connectivity index (χ4v) is 3.93. The van der Waals surface area contributed by atoms with Gasteiger partial charge in [-0.3, -0.25) is 4.79 Å². The molecule has 0 unspecified atom stereocenters. The van der Waals surface area contributed by atoms with Gasteiger partial charge in [0.25, 0.3) is 0 Å². The van der Waals surface area contributed by atoms with Crippen molar-refractivity contribution in [2.45, 2.75) is 44.3 Å². The van der Waals surface area contributed by atoms with Crippen molar-refractivity contribution >= 4 is 12.1 Å². The van der Waals surface area contributed by atoms with Gasteiger partial charge in [-0.25, -0.2) is 4.79 Å². The highest BCUT2D eigenvalue weighted by molar-refractivity contribution is 5.79. The molecule has 0 bridgehead atoms. The number of benzene rings is 1. The molecule has 2 fully saturated rings. The van der Waals surface area contributed by atoms with Crippen molar-refractivity contribution in [1.82, 2.24) is 4.90 Å². The van der Waals surface area contributed by atoms with Crippen LogP contribution in [0, 0.1) is 5.41 Å². The Kier molecular flexibility index (Phi) is 4.99. The molecule has 1 aromatic rings. The second-order valence-electron chi connectivity index (χ2n) is 6.99. The number of nitrogens with zero attached hydrogens (tertiary/aromatic N) is 1. The van der Waals surface area contributed by atoms with E-state index in [1.807, 2.05) is 30.3 Å². The average Bonchev–Trinajstić information content (AvgIpc) is 2.60. The van der Waals surface area contributed by atoms with Gasteiger partial charge in [0.2, 0.25) is 0 Å². The Morgan fingerprint density at radius 3 is 2.28 bits per heavy atom. The lowest BCUT2D eigenvalue weighted by molar-refractivity contribution is -0.196. The number of hydrogen-bond acceptors (Lipinski definition) is 5. The largest absolute Gasteiger partial charge is 0.469 e. The van der Waals surface area contributed by atoms with E-state index in [2.05, 4.69) is 0 Å². The van der Waals surface area contributed by atoms with Gasteiger partial charge in [0, 0.05) is 13.1 Å². The average molecular weight is 347 g/mol. The molecule has 6 nitrogen and oxygen atoms in total. The highest BCUT2D eigenvalue weighted by Crippen LogP contribution is 2.54. The number of hydrogen-bond donors (Lipinski definition) is 1. The quantitative estimate of drug-likeness (QED) is 0.847. The third-order valence-corrected chi connectivity index (χ3v) is 5.73. The monoisotopic (exact) mass is 347 g/mol. The molecular weight excluding hydrogens is 322 g/mol. The number of carbonyl (C=O) groups is 2. The molecule has 2 aliphatic rings. The van der Waals surface area contributed by atoms with Gasteiger partial charge in [0.15, 0.2) is 0 Å². The Bertz CT molecular complexity index is 618. The first-order valence-electron chi connectivity index (χ1n) is 8.77. The second kappa shape index (κ2) is 7.04. The summed E-state index contributed by atoms with van der Waals surface area (Å²) in [5.74, 6) is -0.332. The van der Waals surface area contributed by atoms with E-state index < -0.39 is 11.0 Å². The molecule has 1 heterocycles. The molecule has 1 saturated carbocycles. The van der Waals surface area contributed by atoms with Crippen molar-refractivity contribution in [2.75, 3.05) is 20.2 Å². The van der Waals surface area contributed by atoms with E-state index in [-0.39, 0.29) is 18.7 Å². The van der Waals surface area contributed by atoms with Gasteiger partial charge in [-0.2, -0.15) is 0 Å². The first kappa shape index (κ1) is 17.7. The highest BCUT2D eigenvalue weighted by Gasteiger charge is 2.60. The second-order valence-corrected chi connectivity index (χ2v) is 6.99. The normalized spacial score (nSPS) is 21.1. The summed E-state index contributed by atoms with van der Waals surface area (Å²) in [4.78, 5) is 26.0. The van der Waals surface area contributed by atoms with Gasteiger partial charge < -0.3 is 19.5 Å². The summed E-state index contributed by atoms with van der Waals surface area (Å²) in [6.45, 7) is 0.984. The highest BCUT2D eigenvalue weighted by atomic mass is 16.6. The summed E-state index contributed by atoms with van der Waals surface area (Å²) in [7, 11) is 1.36. The molecule has 1 aliphatic carbocycles. The maximum atomic E-state index is 12.2. The van der Waals surface area contributed by atoms with E-state index in [1.165, 1.54) is 7.11 Å². The van der Waals surface area contributed by atoms with Gasteiger partial charge in [-0.15, -0.1) is 0 Å². The first-order valence-corrected chi connectivity index (χ1v) is 8.77. The zero-order valence-corrected chi connectivity index (χ0v) is 14.6. The van der Waals surface area contributed by atoms with Gasteiger partial charge in [-0.1, -0.05) is 36.8 Å². The van der Waals surface area contributed by atoms with Crippen LogP contribution in [0.4, 0.5) is 4.79 Å². The predicted molar refractivity (Wildman–Crippen MR) is 90.7 cm³/mol. The van der Waals surface area contributed by atoms with E-state index in [1.54, 1.807) is 4.90 Å². The van der Waals surface area contributed by atoms with Crippen LogP contribution >= 0.6 is 0 Å². The number of ether oxygens (including phenoxy) is 2. The van der Waals surface area contributed by atoms with Crippen molar-refractivity contribution in [3.8, 4) is 0 Å². The molecule has 0 radical (unpaired) electrons. The fraction of sp³-hybridized carbons (Fsp3) is 0.579. The van der Waals surface area contributed by atoms with Crippen molar-refractivity contribution in [1.29, 1.82) is 0 Å². The van der Waals surface area contributed by atoms with E-state index in [0.717, 1.165) is 12.0 Å². The maximum absolute atomic E-state index is 12.2. The zero-order valence-electron chi connectivity index (χ0n) is 14.6. The minimum atomic E-state index is -1.10. The lowest BCUT2D eigenvalue weighted by atomic mass is 9.56. The van der Waals surface area contributed by atoms with Gasteiger partial charge in [0.1, 0.15) is 6.61 Å². The lowest BCUT2D eigenvalue weighted by Gasteiger charge is -2.53. The number of rotatable bonds is 4. The number of methoxy groups -OCH3 is 1. The summed E-state index contributed by atoms with van der Waals surface area (Å²) < 4.78 is 10.3. The third-order valence-electron chi connectivity index (χ3n) is 5.73. The SMILES string of the molecule is COC(=O)C1(C2(O)CCN(C(=O)OCc3ccccc3)CC2)CCC1. The van der Waals surface area contributed by atoms with Crippen LogP contribution < -0.4 is 0 Å². The van der Waals surface area contributed by atoms with Crippen molar-refractivity contribution in [3.05, 3.63) is 35.9 Å². The predicted octanol–water partition coefficient (Wildman–Crippen LogP) is 2.49. The summed E-state index contributed by atoms with van der Waals surface area (Å²) in [6, 6.07) is 9.51. The molecular formula is C19H25NO5. The lowest BCUT2D eigenvalue weighted by Crippen LogP contribution is -2.62. The summed E-state index contributed by atoms with van der Waals surface area (Å²) in [5, 5.41) is 11.1. The minimum Gasteiger partial charge on any atom is -0.469 e. The first-order chi connectivity index (χ1) is 12.0. The molecule has 1 N–H and O–H groups in total. The van der Waals surface area contributed by atoms with Gasteiger partial charge >= 0.3 is 12.1 Å². The maximum Gasteiger partial charge on any atom is 0.410 e. The van der Waals surface area contributed by atoms with Crippen LogP contribution in [0.2, 0.25) is 0 Å². The van der Waals surface area contributed by atoms with Gasteiger partial charge in [0.05, 0.1) is 18.1 Å². The van der Waals surface area contributed by atoms with Crippen LogP contribution in [0.3, 0.4) is 0 Å². The molecule has 0 spiro atoms. The van der Waals surface area contributed by atoms with Crippen molar-refractivity contribution < 1.29 is 24.2 Å². The van der Waals surface area contributed by atoms with Crippen molar-refractivity contribution in [2.24, 2.45) is 5.41 Å². The molecule has 0 atom stereocenters. The van der Waals surface area contributed by atoms with Crippen LogP contribution in [-0.4, -0.2) is 47.9 Å². The number of amides is 1. The zero-order chi connectivity index (χ0) is 17.9. The van der Waals surface area contributed by atoms with Crippen LogP contribution in [0.1, 0.15) is 37.7 Å². The van der Waals surface area contributed by atoms with Crippen LogP contribution in [-0.2, 0) is 20.9 Å². The molecule has 1 amide bonds. The Hall–Kier alpha value is -2.08. The van der Waals surface area contributed by atoms with Crippen molar-refractivity contribution in [3.63, 3.8) is 0 Å². The fourth-order valence-electron chi connectivity index (χ4n) is 3.93. The number of likely N-dealkylation sites (tertiary alicyclic amines) is 1. The third kappa shape index (κ3) is 3.23. The smallest absolute Gasteiger partial charge is 0.410 e. The van der Waals surface area contributed by atoms with Crippen LogP contribution in [0.25, 0.3) is 0 Å². The standard InChI is InChI=1S/C19H25NO5/c1-24-16(21)18(8-5-9-18)19(23)10-12-20(13-11-19)17(22)25-14-15-6-3-2-4-7-15/h2-4,6-7,23H,5,8-14H2,1H3. The number of carbonyl (C=O) groups excluding carboxylic acids is 2. The molecule has 0 aromatic heterocycles. The molecule has 1 saturated heterocycles. The van der Waals surface area contributed by atoms with Gasteiger partial charge in [-0.05, 0) is 31.2 Å². The minimum absolute atomic E-state index is 0.229. The summed E-state index contributed by atoms with van der Waals surface area (Å²) in [6.07, 6.45) is 2.56. The Morgan fingerprint density at radius 2 is 1.76 bits per heavy atom.